The molecule has 0 saturated heterocycles. The van der Waals surface area contributed by atoms with Gasteiger partial charge in [0.2, 0.25) is 0 Å². The highest BCUT2D eigenvalue weighted by Crippen LogP contribution is 2.21. The number of carbonyl (C=O) groups is 2. The molecular formula is C12H11F4NO3. The zero-order valence-corrected chi connectivity index (χ0v) is 10.6. The van der Waals surface area contributed by atoms with E-state index in [1.165, 1.54) is 6.92 Å². The smallest absolute Gasteiger partial charge is 0.308 e. The molecule has 1 aromatic carbocycles. The molecule has 1 aromatic rings. The summed E-state index contributed by atoms with van der Waals surface area (Å²) >= 11 is 0. The third kappa shape index (κ3) is 3.06. The van der Waals surface area contributed by atoms with E-state index < -0.39 is 46.6 Å². The molecule has 0 aliphatic carbocycles. The fraction of sp³-hybridized carbons (Fsp3) is 0.333. The minimum Gasteiger partial charge on any atom is -0.481 e. The second-order valence-corrected chi connectivity index (χ2v) is 4.27. The first kappa shape index (κ1) is 15.9. The summed E-state index contributed by atoms with van der Waals surface area (Å²) in [5.41, 5.74) is -1.39. The van der Waals surface area contributed by atoms with Crippen LogP contribution in [0, 0.1) is 29.2 Å². The lowest BCUT2D eigenvalue weighted by Crippen LogP contribution is -2.35. The molecule has 0 radical (unpaired) electrons. The summed E-state index contributed by atoms with van der Waals surface area (Å²) in [4.78, 5) is 23.1. The van der Waals surface area contributed by atoms with E-state index in [1.54, 1.807) is 0 Å². The molecule has 0 aliphatic heterocycles. The van der Waals surface area contributed by atoms with Crippen molar-refractivity contribution < 1.29 is 32.3 Å². The fourth-order valence-electron chi connectivity index (χ4n) is 1.52. The van der Waals surface area contributed by atoms with Crippen LogP contribution in [0.1, 0.15) is 17.3 Å². The fourth-order valence-corrected chi connectivity index (χ4v) is 1.52. The molecule has 1 rings (SSSR count). The average molecular weight is 293 g/mol. The molecule has 0 heterocycles. The van der Waals surface area contributed by atoms with Crippen LogP contribution in [0.5, 0.6) is 0 Å². The molecule has 1 atom stereocenters. The van der Waals surface area contributed by atoms with Crippen molar-refractivity contribution >= 4 is 11.9 Å². The van der Waals surface area contributed by atoms with E-state index >= 15 is 0 Å². The summed E-state index contributed by atoms with van der Waals surface area (Å²) in [6.45, 7) is 0.899. The van der Waals surface area contributed by atoms with Crippen molar-refractivity contribution in [2.45, 2.75) is 6.92 Å². The Morgan fingerprint density at radius 3 is 2.05 bits per heavy atom. The second-order valence-electron chi connectivity index (χ2n) is 4.27. The van der Waals surface area contributed by atoms with Crippen LogP contribution >= 0.6 is 0 Å². The Morgan fingerprint density at radius 1 is 1.20 bits per heavy atom. The van der Waals surface area contributed by atoms with Gasteiger partial charge >= 0.3 is 5.97 Å². The monoisotopic (exact) mass is 293 g/mol. The molecule has 0 spiro atoms. The van der Waals surface area contributed by atoms with Crippen LogP contribution < -0.4 is 0 Å². The van der Waals surface area contributed by atoms with Crippen LogP contribution in [-0.4, -0.2) is 35.5 Å². The average Bonchev–Trinajstić information content (AvgIpc) is 2.36. The SMILES string of the molecule is CC(CN(C)C(=O)c1c(F)c(F)cc(F)c1F)C(=O)O. The van der Waals surface area contributed by atoms with Gasteiger partial charge in [0.1, 0.15) is 5.56 Å². The third-order valence-electron chi connectivity index (χ3n) is 2.64. The van der Waals surface area contributed by atoms with E-state index in [0.717, 1.165) is 7.05 Å². The number of nitrogens with zero attached hydrogens (tertiary/aromatic N) is 1. The summed E-state index contributed by atoms with van der Waals surface area (Å²) in [5, 5.41) is 8.67. The molecule has 1 N–H and O–H groups in total. The number of halogens is 4. The molecule has 20 heavy (non-hydrogen) atoms. The minimum atomic E-state index is -1.82. The second kappa shape index (κ2) is 5.89. The molecule has 0 bridgehead atoms. The van der Waals surface area contributed by atoms with Crippen LogP contribution in [0.2, 0.25) is 0 Å². The molecule has 4 nitrogen and oxygen atoms in total. The number of carbonyl (C=O) groups excluding carboxylic acids is 1. The lowest BCUT2D eigenvalue weighted by atomic mass is 10.1. The highest BCUT2D eigenvalue weighted by molar-refractivity contribution is 5.95. The predicted octanol–water partition coefficient (Wildman–Crippen LogP) is 2.04. The van der Waals surface area contributed by atoms with Gasteiger partial charge in [0.25, 0.3) is 5.91 Å². The van der Waals surface area contributed by atoms with Gasteiger partial charge in [0.15, 0.2) is 23.3 Å². The van der Waals surface area contributed by atoms with Gasteiger partial charge in [0, 0.05) is 19.7 Å². The summed E-state index contributed by atoms with van der Waals surface area (Å²) in [6, 6.07) is -0.0126. The van der Waals surface area contributed by atoms with Crippen LogP contribution in [0.25, 0.3) is 0 Å². The molecule has 0 aromatic heterocycles. The Morgan fingerprint density at radius 2 is 1.65 bits per heavy atom. The number of hydrogen-bond acceptors (Lipinski definition) is 2. The first-order chi connectivity index (χ1) is 9.16. The highest BCUT2D eigenvalue weighted by Gasteiger charge is 2.28. The number of amides is 1. The van der Waals surface area contributed by atoms with Crippen LogP contribution in [0.15, 0.2) is 6.07 Å². The van der Waals surface area contributed by atoms with Crippen molar-refractivity contribution in [3.8, 4) is 0 Å². The molecule has 1 unspecified atom stereocenters. The van der Waals surface area contributed by atoms with Crippen molar-refractivity contribution in [1.29, 1.82) is 0 Å². The van der Waals surface area contributed by atoms with Crippen molar-refractivity contribution in [2.75, 3.05) is 13.6 Å². The first-order valence-corrected chi connectivity index (χ1v) is 5.48. The maximum atomic E-state index is 13.4. The normalized spacial score (nSPS) is 12.1. The summed E-state index contributed by atoms with van der Waals surface area (Å²) in [7, 11) is 1.07. The summed E-state index contributed by atoms with van der Waals surface area (Å²) < 4.78 is 52.8. The maximum absolute atomic E-state index is 13.4. The summed E-state index contributed by atoms with van der Waals surface area (Å²) in [5.74, 6) is -10.6. The van der Waals surface area contributed by atoms with Crippen LogP contribution in [0.3, 0.4) is 0 Å². The van der Waals surface area contributed by atoms with Crippen molar-refractivity contribution in [3.05, 3.63) is 34.9 Å². The topological polar surface area (TPSA) is 57.6 Å². The van der Waals surface area contributed by atoms with E-state index in [2.05, 4.69) is 0 Å². The zero-order chi connectivity index (χ0) is 15.6. The minimum absolute atomic E-state index is 0.0126. The van der Waals surface area contributed by atoms with Gasteiger partial charge < -0.3 is 10.0 Å². The molecular weight excluding hydrogens is 282 g/mol. The van der Waals surface area contributed by atoms with E-state index in [1.807, 2.05) is 0 Å². The van der Waals surface area contributed by atoms with Crippen LogP contribution in [0.4, 0.5) is 17.6 Å². The zero-order valence-electron chi connectivity index (χ0n) is 10.6. The number of aliphatic carboxylic acids is 1. The molecule has 0 saturated carbocycles. The molecule has 0 fully saturated rings. The largest absolute Gasteiger partial charge is 0.481 e. The first-order valence-electron chi connectivity index (χ1n) is 5.48. The molecule has 0 aliphatic rings. The molecule has 110 valence electrons. The Balaban J connectivity index is 3.12. The highest BCUT2D eigenvalue weighted by atomic mass is 19.2. The Hall–Kier alpha value is -2.12. The van der Waals surface area contributed by atoms with Gasteiger partial charge in [-0.05, 0) is 0 Å². The number of rotatable bonds is 4. The number of carboxylic acids is 1. The number of hydrogen-bond donors (Lipinski definition) is 1. The van der Waals surface area contributed by atoms with Gasteiger partial charge in [-0.1, -0.05) is 6.92 Å². The van der Waals surface area contributed by atoms with Gasteiger partial charge in [0.05, 0.1) is 5.92 Å². The quantitative estimate of drug-likeness (QED) is 0.682. The Kier molecular flexibility index (Phi) is 4.69. The molecule has 1 amide bonds. The van der Waals surface area contributed by atoms with E-state index in [9.17, 15) is 27.2 Å². The van der Waals surface area contributed by atoms with Gasteiger partial charge in [-0.2, -0.15) is 0 Å². The number of benzene rings is 1. The lowest BCUT2D eigenvalue weighted by molar-refractivity contribution is -0.141. The van der Waals surface area contributed by atoms with Crippen LogP contribution in [-0.2, 0) is 4.79 Å². The standard InChI is InChI=1S/C12H11F4NO3/c1-5(12(19)20)4-17(2)11(18)8-9(15)6(13)3-7(14)10(8)16/h3,5H,4H2,1-2H3,(H,19,20). The Bertz CT molecular complexity index is 536. The van der Waals surface area contributed by atoms with E-state index in [-0.39, 0.29) is 12.6 Å². The van der Waals surface area contributed by atoms with E-state index in [0.29, 0.717) is 4.90 Å². The third-order valence-corrected chi connectivity index (χ3v) is 2.64. The summed E-state index contributed by atoms with van der Waals surface area (Å²) in [6.07, 6.45) is 0. The lowest BCUT2D eigenvalue weighted by Gasteiger charge is -2.20. The van der Waals surface area contributed by atoms with E-state index in [4.69, 9.17) is 5.11 Å². The molecule has 8 heteroatoms. The predicted molar refractivity (Wildman–Crippen MR) is 60.0 cm³/mol. The Labute approximate surface area is 111 Å². The van der Waals surface area contributed by atoms with Crippen molar-refractivity contribution in [2.24, 2.45) is 5.92 Å². The van der Waals surface area contributed by atoms with Gasteiger partial charge in [-0.25, -0.2) is 17.6 Å². The maximum Gasteiger partial charge on any atom is 0.308 e. The van der Waals surface area contributed by atoms with Crippen molar-refractivity contribution in [3.63, 3.8) is 0 Å². The van der Waals surface area contributed by atoms with Gasteiger partial charge in [-0.15, -0.1) is 0 Å². The van der Waals surface area contributed by atoms with Crippen molar-refractivity contribution in [1.82, 2.24) is 4.90 Å². The van der Waals surface area contributed by atoms with Gasteiger partial charge in [-0.3, -0.25) is 9.59 Å². The number of carboxylic acid groups (broad SMARTS) is 1.